The molecule has 2 atom stereocenters. The van der Waals surface area contributed by atoms with E-state index in [-0.39, 0.29) is 17.0 Å². The zero-order valence-electron chi connectivity index (χ0n) is 13.8. The van der Waals surface area contributed by atoms with Crippen LogP contribution in [0.3, 0.4) is 0 Å². The quantitative estimate of drug-likeness (QED) is 0.655. The molecule has 0 amide bonds. The first-order valence-electron chi connectivity index (χ1n) is 8.54. The van der Waals surface area contributed by atoms with Crippen molar-refractivity contribution in [2.24, 2.45) is 11.7 Å². The van der Waals surface area contributed by atoms with Crippen LogP contribution in [0.15, 0.2) is 30.3 Å². The summed E-state index contributed by atoms with van der Waals surface area (Å²) in [5.41, 5.74) is 6.88. The summed E-state index contributed by atoms with van der Waals surface area (Å²) in [5, 5.41) is 7.56. The number of benzene rings is 1. The van der Waals surface area contributed by atoms with Gasteiger partial charge in [0, 0.05) is 25.3 Å². The molecule has 2 fully saturated rings. The van der Waals surface area contributed by atoms with E-state index >= 15 is 0 Å². The third-order valence-electron chi connectivity index (χ3n) is 5.03. The second kappa shape index (κ2) is 7.14. The minimum Gasteiger partial charge on any atom is -0.370 e. The van der Waals surface area contributed by atoms with Crippen molar-refractivity contribution in [3.63, 3.8) is 0 Å². The van der Waals surface area contributed by atoms with Crippen molar-refractivity contribution in [2.45, 2.75) is 43.1 Å². The molecule has 5 heteroatoms. The molecule has 1 heterocycles. The van der Waals surface area contributed by atoms with Crippen molar-refractivity contribution in [3.8, 4) is 0 Å². The van der Waals surface area contributed by atoms with Crippen LogP contribution in [-0.2, 0) is 9.67 Å². The Hall–Kier alpha value is -1.20. The van der Waals surface area contributed by atoms with Crippen molar-refractivity contribution in [3.05, 3.63) is 35.9 Å². The summed E-state index contributed by atoms with van der Waals surface area (Å²) in [6.07, 6.45) is 6.58. The van der Waals surface area contributed by atoms with Gasteiger partial charge in [-0.05, 0) is 18.4 Å². The molecule has 4 nitrogen and oxygen atoms in total. The molecule has 23 heavy (non-hydrogen) atoms. The Kier molecular flexibility index (Phi) is 5.17. The number of nitrogens with two attached hydrogens (primary N) is 1. The lowest BCUT2D eigenvalue weighted by Crippen LogP contribution is -2.41. The summed E-state index contributed by atoms with van der Waals surface area (Å²) in [4.78, 5) is 1.55. The zero-order valence-corrected chi connectivity index (χ0v) is 14.6. The highest BCUT2D eigenvalue weighted by Crippen LogP contribution is 2.54. The fraction of sp³-hybridized carbons (Fsp3) is 0.611. The van der Waals surface area contributed by atoms with Crippen LogP contribution in [0.2, 0.25) is 0 Å². The van der Waals surface area contributed by atoms with Crippen LogP contribution in [0.5, 0.6) is 0 Å². The van der Waals surface area contributed by atoms with Crippen LogP contribution in [0, 0.1) is 11.3 Å². The fourth-order valence-electron chi connectivity index (χ4n) is 3.78. The maximum Gasteiger partial charge on any atom is 0.188 e. The van der Waals surface area contributed by atoms with Gasteiger partial charge >= 0.3 is 0 Å². The first-order valence-corrected chi connectivity index (χ1v) is 9.53. The number of rotatable bonds is 4. The summed E-state index contributed by atoms with van der Waals surface area (Å²) < 4.78 is 6.66. The van der Waals surface area contributed by atoms with Crippen molar-refractivity contribution in [2.75, 3.05) is 19.3 Å². The molecular formula is C18H27N3OS. The van der Waals surface area contributed by atoms with E-state index < -0.39 is 0 Å². The predicted octanol–water partition coefficient (Wildman–Crippen LogP) is 3.38. The van der Waals surface area contributed by atoms with Gasteiger partial charge in [0.2, 0.25) is 0 Å². The van der Waals surface area contributed by atoms with E-state index in [0.717, 1.165) is 5.75 Å². The Morgan fingerprint density at radius 3 is 2.65 bits per heavy atom. The summed E-state index contributed by atoms with van der Waals surface area (Å²) in [7, 11) is 1.86. The molecule has 3 N–H and O–H groups in total. The molecule has 0 bridgehead atoms. The van der Waals surface area contributed by atoms with Crippen molar-refractivity contribution >= 4 is 17.7 Å². The van der Waals surface area contributed by atoms with E-state index in [1.54, 1.807) is 4.90 Å². The van der Waals surface area contributed by atoms with Gasteiger partial charge in [-0.3, -0.25) is 5.41 Å². The molecule has 1 saturated carbocycles. The lowest BCUT2D eigenvalue weighted by molar-refractivity contribution is -0.0597. The predicted molar refractivity (Wildman–Crippen MR) is 96.6 cm³/mol. The lowest BCUT2D eigenvalue weighted by atomic mass is 9.82. The molecular weight excluding hydrogens is 306 g/mol. The Morgan fingerprint density at radius 2 is 2.00 bits per heavy atom. The summed E-state index contributed by atoms with van der Waals surface area (Å²) in [6.45, 7) is 0.684. The lowest BCUT2D eigenvalue weighted by Gasteiger charge is -2.39. The minimum atomic E-state index is -0.218. The number of hydrogen-bond donors (Lipinski definition) is 2. The van der Waals surface area contributed by atoms with E-state index in [1.807, 2.05) is 18.8 Å². The topological polar surface area (TPSA) is 62.3 Å². The molecule has 1 aromatic carbocycles. The summed E-state index contributed by atoms with van der Waals surface area (Å²) in [5.74, 6) is 1.65. The average Bonchev–Trinajstić information content (AvgIpc) is 3.01. The van der Waals surface area contributed by atoms with Crippen molar-refractivity contribution in [1.29, 1.82) is 5.41 Å². The van der Waals surface area contributed by atoms with Gasteiger partial charge in [0.15, 0.2) is 5.96 Å². The van der Waals surface area contributed by atoms with Crippen LogP contribution in [0.25, 0.3) is 0 Å². The highest BCUT2D eigenvalue weighted by atomic mass is 32.2. The molecule has 3 rings (SSSR count). The first-order chi connectivity index (χ1) is 11.1. The summed E-state index contributed by atoms with van der Waals surface area (Å²) >= 11 is 1.95. The van der Waals surface area contributed by atoms with Crippen molar-refractivity contribution in [1.82, 2.24) is 4.90 Å². The zero-order chi connectivity index (χ0) is 16.3. The molecule has 126 valence electrons. The standard InChI is InChI=1S/C18H27N3OS/c1-21(17(19)20)12-16-13-23-18(22-16,14-8-4-2-5-9-14)15-10-6-3-7-11-15/h2,4-5,8-9,15-16H,3,6-7,10-13H2,1H3,(H3,19,20)/t16-,18+/m1/s1. The molecule has 1 saturated heterocycles. The number of nitrogens with one attached hydrogen (secondary N) is 1. The number of ether oxygens (including phenoxy) is 1. The van der Waals surface area contributed by atoms with E-state index in [0.29, 0.717) is 12.5 Å². The maximum absolute atomic E-state index is 7.56. The minimum absolute atomic E-state index is 0.105. The van der Waals surface area contributed by atoms with Gasteiger partial charge < -0.3 is 15.4 Å². The Bertz CT molecular complexity index is 532. The van der Waals surface area contributed by atoms with Gasteiger partial charge in [0.1, 0.15) is 4.93 Å². The molecule has 0 unspecified atom stereocenters. The van der Waals surface area contributed by atoms with Gasteiger partial charge in [-0.1, -0.05) is 49.6 Å². The second-order valence-electron chi connectivity index (χ2n) is 6.69. The van der Waals surface area contributed by atoms with Crippen molar-refractivity contribution < 1.29 is 4.74 Å². The Balaban J connectivity index is 1.81. The van der Waals surface area contributed by atoms with Gasteiger partial charge in [-0.25, -0.2) is 0 Å². The molecule has 1 aromatic rings. The van der Waals surface area contributed by atoms with Crippen LogP contribution in [0.1, 0.15) is 37.7 Å². The number of guanidine groups is 1. The third kappa shape index (κ3) is 3.50. The highest BCUT2D eigenvalue weighted by Gasteiger charge is 2.48. The highest BCUT2D eigenvalue weighted by molar-refractivity contribution is 8.00. The first kappa shape index (κ1) is 16.7. The monoisotopic (exact) mass is 333 g/mol. The maximum atomic E-state index is 7.56. The number of hydrogen-bond acceptors (Lipinski definition) is 3. The summed E-state index contributed by atoms with van der Waals surface area (Å²) in [6, 6.07) is 10.7. The van der Waals surface area contributed by atoms with Crippen LogP contribution < -0.4 is 5.73 Å². The largest absolute Gasteiger partial charge is 0.370 e. The van der Waals surface area contributed by atoms with E-state index in [1.165, 1.54) is 37.7 Å². The van der Waals surface area contributed by atoms with Crippen LogP contribution in [0.4, 0.5) is 0 Å². The number of nitrogens with zero attached hydrogens (tertiary/aromatic N) is 1. The van der Waals surface area contributed by atoms with E-state index in [2.05, 4.69) is 30.3 Å². The van der Waals surface area contributed by atoms with E-state index in [4.69, 9.17) is 15.9 Å². The fourth-order valence-corrected chi connectivity index (χ4v) is 5.37. The SMILES string of the molecule is CN(C[C@@H]1CS[C@@](c2ccccc2)(C2CCCCC2)O1)C(=N)N. The molecule has 2 aliphatic rings. The smallest absolute Gasteiger partial charge is 0.188 e. The van der Waals surface area contributed by atoms with Gasteiger partial charge in [0.05, 0.1) is 6.10 Å². The van der Waals surface area contributed by atoms with Gasteiger partial charge in [-0.15, -0.1) is 11.8 Å². The molecule has 0 spiro atoms. The molecule has 0 aromatic heterocycles. The second-order valence-corrected chi connectivity index (χ2v) is 7.91. The normalized spacial score (nSPS) is 28.7. The number of likely N-dealkylation sites (N-methyl/N-ethyl adjacent to an activating group) is 1. The molecule has 1 aliphatic carbocycles. The Labute approximate surface area is 143 Å². The van der Waals surface area contributed by atoms with Gasteiger partial charge in [0.25, 0.3) is 0 Å². The van der Waals surface area contributed by atoms with Crippen LogP contribution >= 0.6 is 11.8 Å². The third-order valence-corrected chi connectivity index (χ3v) is 6.67. The van der Waals surface area contributed by atoms with Crippen LogP contribution in [-0.4, -0.2) is 36.3 Å². The average molecular weight is 334 g/mol. The van der Waals surface area contributed by atoms with Gasteiger partial charge in [-0.2, -0.15) is 0 Å². The Morgan fingerprint density at radius 1 is 1.30 bits per heavy atom. The van der Waals surface area contributed by atoms with E-state index in [9.17, 15) is 0 Å². The molecule has 0 radical (unpaired) electrons. The molecule has 1 aliphatic heterocycles. The number of thioether (sulfide) groups is 1.